The molecular weight excluding hydrogens is 621 g/mol. The maximum Gasteiger partial charge on any atom is 0.254 e. The van der Waals surface area contributed by atoms with Gasteiger partial charge in [0.05, 0.1) is 11.6 Å². The predicted molar refractivity (Wildman–Crippen MR) is 173 cm³/mol. The minimum absolute atomic E-state index is 0.0200. The van der Waals surface area contributed by atoms with Gasteiger partial charge in [0.1, 0.15) is 15.6 Å². The zero-order valence-electron chi connectivity index (χ0n) is 25.0. The van der Waals surface area contributed by atoms with Crippen LogP contribution in [0.1, 0.15) is 39.9 Å². The molecule has 2 aliphatic rings. The number of hydrogen-bond acceptors (Lipinski definition) is 9. The number of allylic oxidation sites excluding steroid dienone is 1. The topological polar surface area (TPSA) is 136 Å². The highest BCUT2D eigenvalue weighted by molar-refractivity contribution is 7.91. The lowest BCUT2D eigenvalue weighted by molar-refractivity contribution is -0.132. The van der Waals surface area contributed by atoms with Crippen LogP contribution in [0.4, 0.5) is 0 Å². The van der Waals surface area contributed by atoms with Gasteiger partial charge >= 0.3 is 0 Å². The van der Waals surface area contributed by atoms with Crippen LogP contribution >= 0.6 is 11.3 Å². The van der Waals surface area contributed by atoms with Crippen LogP contribution in [0, 0.1) is 17.2 Å². The number of thiophene rings is 1. The van der Waals surface area contributed by atoms with Crippen LogP contribution in [-0.4, -0.2) is 64.5 Å². The lowest BCUT2D eigenvalue weighted by Crippen LogP contribution is -2.51. The quantitative estimate of drug-likeness (QED) is 0.199. The number of nitrogens with one attached hydrogen (secondary N) is 1. The Morgan fingerprint density at radius 1 is 0.978 bits per heavy atom. The largest absolute Gasteiger partial charge is 0.357 e. The van der Waals surface area contributed by atoms with Gasteiger partial charge in [-0.05, 0) is 89.9 Å². The van der Waals surface area contributed by atoms with Crippen LogP contribution in [0.15, 0.2) is 107 Å². The van der Waals surface area contributed by atoms with Gasteiger partial charge < -0.3 is 5.32 Å². The Hall–Kier alpha value is -4.70. The van der Waals surface area contributed by atoms with E-state index in [1.165, 1.54) is 21.7 Å². The molecule has 3 aromatic heterocycles. The third-order valence-electron chi connectivity index (χ3n) is 8.49. The van der Waals surface area contributed by atoms with Crippen LogP contribution in [-0.2, 0) is 27.7 Å². The minimum Gasteiger partial charge on any atom is -0.357 e. The van der Waals surface area contributed by atoms with Gasteiger partial charge in [-0.25, -0.2) is 8.42 Å². The Kier molecular flexibility index (Phi) is 9.08. The summed E-state index contributed by atoms with van der Waals surface area (Å²) >= 11 is 1.20. The van der Waals surface area contributed by atoms with E-state index in [-0.39, 0.29) is 17.6 Å². The molecule has 0 atom stereocenters. The molecule has 2 saturated heterocycles. The van der Waals surface area contributed by atoms with E-state index in [2.05, 4.69) is 21.4 Å². The number of nitrogens with zero attached hydrogens (tertiary/aromatic N) is 5. The first-order chi connectivity index (χ1) is 22.3. The summed E-state index contributed by atoms with van der Waals surface area (Å²) < 4.78 is 28.1. The van der Waals surface area contributed by atoms with E-state index in [1.807, 2.05) is 24.3 Å². The molecule has 0 bridgehead atoms. The molecule has 12 heteroatoms. The number of nitriles is 1. The van der Waals surface area contributed by atoms with E-state index in [0.717, 1.165) is 11.1 Å². The minimum atomic E-state index is -3.56. The summed E-state index contributed by atoms with van der Waals surface area (Å²) in [6, 6.07) is 19.3. The standard InChI is InChI=1S/C34H32N6O4S2/c35-23-27-3-5-29(6-4-27)30(41)20-31-38-34(21-25-7-13-36-14-8-25,22-26-9-15-37-16-10-26)33(42)40(31)24-28-11-17-39(18-12-28)46(43,44)32-2-1-19-45-32/h1-10,13-16,19-20,28,38H,11-12,17-18,21-22,24H2. The molecule has 2 aliphatic heterocycles. The predicted octanol–water partition coefficient (Wildman–Crippen LogP) is 4.19. The van der Waals surface area contributed by atoms with Crippen molar-refractivity contribution in [2.75, 3.05) is 19.6 Å². The van der Waals surface area contributed by atoms with Gasteiger partial charge in [0.2, 0.25) is 0 Å². The van der Waals surface area contributed by atoms with Gasteiger partial charge in [-0.2, -0.15) is 9.57 Å². The van der Waals surface area contributed by atoms with Crippen LogP contribution in [0.5, 0.6) is 0 Å². The second-order valence-electron chi connectivity index (χ2n) is 11.5. The van der Waals surface area contributed by atoms with E-state index in [4.69, 9.17) is 0 Å². The number of hydrogen-bond donors (Lipinski definition) is 1. The molecule has 46 heavy (non-hydrogen) atoms. The van der Waals surface area contributed by atoms with Gasteiger partial charge in [0.25, 0.3) is 15.9 Å². The van der Waals surface area contributed by atoms with E-state index in [1.54, 1.807) is 71.5 Å². The van der Waals surface area contributed by atoms with E-state index in [9.17, 15) is 23.3 Å². The number of amides is 1. The number of aromatic nitrogens is 2. The molecular formula is C34H32N6O4S2. The second kappa shape index (κ2) is 13.3. The molecule has 1 amide bonds. The summed E-state index contributed by atoms with van der Waals surface area (Å²) in [5.74, 6) is -0.0402. The second-order valence-corrected chi connectivity index (χ2v) is 14.7. The Balaban J connectivity index is 1.31. The average Bonchev–Trinajstić information content (AvgIpc) is 3.71. The molecule has 0 aliphatic carbocycles. The molecule has 5 heterocycles. The summed E-state index contributed by atoms with van der Waals surface area (Å²) in [6.45, 7) is 1.03. The summed E-state index contributed by atoms with van der Waals surface area (Å²) in [5, 5.41) is 14.4. The monoisotopic (exact) mass is 652 g/mol. The zero-order valence-corrected chi connectivity index (χ0v) is 26.6. The lowest BCUT2D eigenvalue weighted by atomic mass is 9.84. The fraction of sp³-hybridized carbons (Fsp3) is 0.265. The molecule has 0 saturated carbocycles. The van der Waals surface area contributed by atoms with E-state index in [0.29, 0.717) is 66.5 Å². The zero-order chi connectivity index (χ0) is 32.1. The van der Waals surface area contributed by atoms with Crippen LogP contribution in [0.3, 0.4) is 0 Å². The first-order valence-corrected chi connectivity index (χ1v) is 17.3. The number of benzene rings is 1. The third-order valence-corrected chi connectivity index (χ3v) is 11.8. The van der Waals surface area contributed by atoms with Crippen molar-refractivity contribution >= 4 is 33.1 Å². The maximum absolute atomic E-state index is 14.6. The van der Waals surface area contributed by atoms with Crippen molar-refractivity contribution in [2.45, 2.75) is 35.4 Å². The van der Waals surface area contributed by atoms with Gasteiger partial charge in [0.15, 0.2) is 5.78 Å². The van der Waals surface area contributed by atoms with Gasteiger partial charge in [-0.15, -0.1) is 11.3 Å². The SMILES string of the molecule is N#Cc1ccc(C(=O)C=C2NC(Cc3ccncc3)(Cc3ccncc3)C(=O)N2CC2CCN(S(=O)(=O)c3cccs3)CC2)cc1. The molecule has 6 rings (SSSR count). The van der Waals surface area contributed by atoms with Crippen molar-refractivity contribution in [3.63, 3.8) is 0 Å². The Labute approximate surface area is 272 Å². The van der Waals surface area contributed by atoms with E-state index >= 15 is 0 Å². The maximum atomic E-state index is 14.6. The van der Waals surface area contributed by atoms with E-state index < -0.39 is 15.6 Å². The van der Waals surface area contributed by atoms with Crippen molar-refractivity contribution in [2.24, 2.45) is 5.92 Å². The van der Waals surface area contributed by atoms with Crippen molar-refractivity contribution in [3.05, 3.63) is 125 Å². The molecule has 4 aromatic rings. The third kappa shape index (κ3) is 6.62. The summed E-state index contributed by atoms with van der Waals surface area (Å²) in [4.78, 5) is 38.1. The Bertz CT molecular complexity index is 1820. The van der Waals surface area contributed by atoms with Crippen molar-refractivity contribution in [1.82, 2.24) is 24.5 Å². The highest BCUT2D eigenvalue weighted by Gasteiger charge is 2.50. The number of carbonyl (C=O) groups excluding carboxylic acids is 2. The number of carbonyl (C=O) groups is 2. The normalized spacial score (nSPS) is 17.9. The van der Waals surface area contributed by atoms with Gasteiger partial charge in [-0.3, -0.25) is 24.5 Å². The van der Waals surface area contributed by atoms with Crippen molar-refractivity contribution in [1.29, 1.82) is 5.26 Å². The summed E-state index contributed by atoms with van der Waals surface area (Å²) in [5.41, 5.74) is 1.57. The Morgan fingerprint density at radius 2 is 1.59 bits per heavy atom. The fourth-order valence-electron chi connectivity index (χ4n) is 6.07. The Morgan fingerprint density at radius 3 is 2.13 bits per heavy atom. The summed E-state index contributed by atoms with van der Waals surface area (Å²) in [7, 11) is -3.56. The van der Waals surface area contributed by atoms with Crippen LogP contribution < -0.4 is 5.32 Å². The molecule has 1 aromatic carbocycles. The first kappa shape index (κ1) is 31.3. The molecule has 2 fully saturated rings. The molecule has 0 radical (unpaired) electrons. The smallest absolute Gasteiger partial charge is 0.254 e. The molecule has 234 valence electrons. The molecule has 0 unspecified atom stereocenters. The van der Waals surface area contributed by atoms with Crippen molar-refractivity contribution in [3.8, 4) is 6.07 Å². The summed E-state index contributed by atoms with van der Waals surface area (Å²) in [6.07, 6.45) is 10.1. The average molecular weight is 653 g/mol. The van der Waals surface area contributed by atoms with Crippen LogP contribution in [0.25, 0.3) is 0 Å². The number of piperidine rings is 1. The van der Waals surface area contributed by atoms with Crippen molar-refractivity contribution < 1.29 is 18.0 Å². The number of pyridine rings is 2. The highest BCUT2D eigenvalue weighted by Crippen LogP contribution is 2.34. The first-order valence-electron chi connectivity index (χ1n) is 15.0. The molecule has 10 nitrogen and oxygen atoms in total. The molecule has 1 N–H and O–H groups in total. The fourth-order valence-corrected chi connectivity index (χ4v) is 8.69. The van der Waals surface area contributed by atoms with Gasteiger partial charge in [-0.1, -0.05) is 6.07 Å². The van der Waals surface area contributed by atoms with Crippen LogP contribution in [0.2, 0.25) is 0 Å². The highest BCUT2D eigenvalue weighted by atomic mass is 32.2. The number of rotatable bonds is 10. The molecule has 0 spiro atoms. The van der Waals surface area contributed by atoms with Gasteiger partial charge in [0, 0.05) is 68.9 Å². The number of sulfonamides is 1. The lowest BCUT2D eigenvalue weighted by Gasteiger charge is -2.33. The number of ketones is 1.